The topological polar surface area (TPSA) is 69.0 Å². The summed E-state index contributed by atoms with van der Waals surface area (Å²) in [6.45, 7) is 3.08. The molecular formula is C19H20N4O2. The number of nitrogens with one attached hydrogen (secondary N) is 1. The molecule has 2 heterocycles. The summed E-state index contributed by atoms with van der Waals surface area (Å²) >= 11 is 0. The van der Waals surface area contributed by atoms with Crippen molar-refractivity contribution < 1.29 is 9.53 Å². The molecule has 0 unspecified atom stereocenters. The fourth-order valence-corrected chi connectivity index (χ4v) is 2.38. The Morgan fingerprint density at radius 3 is 2.84 bits per heavy atom. The minimum Gasteiger partial charge on any atom is -0.484 e. The lowest BCUT2D eigenvalue weighted by Crippen LogP contribution is -2.31. The highest BCUT2D eigenvalue weighted by Crippen LogP contribution is 2.14. The number of aromatic nitrogens is 3. The van der Waals surface area contributed by atoms with Crippen LogP contribution in [0.15, 0.2) is 61.1 Å². The number of amides is 1. The first-order chi connectivity index (χ1) is 12.2. The van der Waals surface area contributed by atoms with Gasteiger partial charge in [0.15, 0.2) is 6.61 Å². The highest BCUT2D eigenvalue weighted by atomic mass is 16.5. The lowest BCUT2D eigenvalue weighted by Gasteiger charge is -2.08. The van der Waals surface area contributed by atoms with Crippen molar-refractivity contribution >= 4 is 5.91 Å². The van der Waals surface area contributed by atoms with Crippen molar-refractivity contribution in [2.45, 2.75) is 13.5 Å². The number of hydrogen-bond donors (Lipinski definition) is 1. The van der Waals surface area contributed by atoms with Crippen molar-refractivity contribution in [2.75, 3.05) is 13.2 Å². The number of nitrogens with zero attached hydrogens (tertiary/aromatic N) is 3. The van der Waals surface area contributed by atoms with E-state index < -0.39 is 0 Å². The molecule has 0 spiro atoms. The normalized spacial score (nSPS) is 10.4. The van der Waals surface area contributed by atoms with Gasteiger partial charge in [-0.05, 0) is 42.8 Å². The lowest BCUT2D eigenvalue weighted by molar-refractivity contribution is -0.123. The molecule has 0 bridgehead atoms. The predicted octanol–water partition coefficient (Wildman–Crippen LogP) is 2.45. The van der Waals surface area contributed by atoms with Gasteiger partial charge in [0.2, 0.25) is 0 Å². The summed E-state index contributed by atoms with van der Waals surface area (Å²) in [6, 6.07) is 13.4. The van der Waals surface area contributed by atoms with Crippen LogP contribution in [0.3, 0.4) is 0 Å². The number of pyridine rings is 1. The molecule has 0 radical (unpaired) electrons. The molecule has 3 aromatic rings. The molecule has 1 amide bonds. The van der Waals surface area contributed by atoms with E-state index in [-0.39, 0.29) is 12.5 Å². The molecule has 0 aliphatic carbocycles. The Morgan fingerprint density at radius 1 is 1.20 bits per heavy atom. The standard InChI is InChI=1S/C19H20N4O2/c1-15-3-2-4-17(13-15)25-14-19(24)21-10-12-23-11-7-18(22-23)16-5-8-20-9-6-16/h2-9,11,13H,10,12,14H2,1H3,(H,21,24). The molecule has 128 valence electrons. The van der Waals surface area contributed by atoms with Gasteiger partial charge in [0.1, 0.15) is 5.75 Å². The Balaban J connectivity index is 1.42. The van der Waals surface area contributed by atoms with Crippen LogP contribution >= 0.6 is 0 Å². The van der Waals surface area contributed by atoms with Gasteiger partial charge in [-0.1, -0.05) is 12.1 Å². The van der Waals surface area contributed by atoms with E-state index in [9.17, 15) is 4.79 Å². The summed E-state index contributed by atoms with van der Waals surface area (Å²) < 4.78 is 7.28. The zero-order valence-electron chi connectivity index (χ0n) is 14.1. The first kappa shape index (κ1) is 16.7. The second-order valence-electron chi connectivity index (χ2n) is 5.66. The van der Waals surface area contributed by atoms with Crippen molar-refractivity contribution in [1.29, 1.82) is 0 Å². The summed E-state index contributed by atoms with van der Waals surface area (Å²) in [6.07, 6.45) is 5.37. The first-order valence-corrected chi connectivity index (χ1v) is 8.11. The second-order valence-corrected chi connectivity index (χ2v) is 5.66. The fourth-order valence-electron chi connectivity index (χ4n) is 2.38. The van der Waals surface area contributed by atoms with Crippen LogP contribution in [0.4, 0.5) is 0 Å². The van der Waals surface area contributed by atoms with E-state index in [1.165, 1.54) is 0 Å². The Hall–Kier alpha value is -3.15. The second kappa shape index (κ2) is 8.10. The van der Waals surface area contributed by atoms with Crippen molar-refractivity contribution in [3.8, 4) is 17.0 Å². The maximum Gasteiger partial charge on any atom is 0.258 e. The minimum absolute atomic E-state index is 0.00479. The van der Waals surface area contributed by atoms with E-state index in [1.807, 2.05) is 55.6 Å². The van der Waals surface area contributed by atoms with E-state index in [4.69, 9.17) is 4.74 Å². The number of benzene rings is 1. The highest BCUT2D eigenvalue weighted by molar-refractivity contribution is 5.77. The van der Waals surface area contributed by atoms with Gasteiger partial charge in [0, 0.05) is 30.7 Å². The van der Waals surface area contributed by atoms with Crippen molar-refractivity contribution in [3.63, 3.8) is 0 Å². The van der Waals surface area contributed by atoms with Gasteiger partial charge in [-0.3, -0.25) is 14.5 Å². The SMILES string of the molecule is Cc1cccc(OCC(=O)NCCn2ccc(-c3ccncc3)n2)c1. The van der Waals surface area contributed by atoms with Gasteiger partial charge >= 0.3 is 0 Å². The number of carbonyl (C=O) groups is 1. The van der Waals surface area contributed by atoms with Crippen LogP contribution in [0.2, 0.25) is 0 Å². The predicted molar refractivity (Wildman–Crippen MR) is 95.1 cm³/mol. The molecule has 0 aliphatic heterocycles. The maximum absolute atomic E-state index is 11.8. The van der Waals surface area contributed by atoms with Gasteiger partial charge in [0.05, 0.1) is 12.2 Å². The van der Waals surface area contributed by atoms with Crippen LogP contribution < -0.4 is 10.1 Å². The molecule has 6 heteroatoms. The highest BCUT2D eigenvalue weighted by Gasteiger charge is 2.04. The number of rotatable bonds is 7. The molecule has 25 heavy (non-hydrogen) atoms. The van der Waals surface area contributed by atoms with Gasteiger partial charge in [-0.2, -0.15) is 5.10 Å². The van der Waals surface area contributed by atoms with E-state index in [0.717, 1.165) is 16.8 Å². The monoisotopic (exact) mass is 336 g/mol. The van der Waals surface area contributed by atoms with E-state index in [0.29, 0.717) is 18.8 Å². The molecule has 6 nitrogen and oxygen atoms in total. The number of ether oxygens (including phenoxy) is 1. The largest absolute Gasteiger partial charge is 0.484 e. The first-order valence-electron chi connectivity index (χ1n) is 8.11. The molecule has 0 saturated carbocycles. The zero-order chi connectivity index (χ0) is 17.5. The number of hydrogen-bond acceptors (Lipinski definition) is 4. The third-order valence-corrected chi connectivity index (χ3v) is 3.64. The summed E-state index contributed by atoms with van der Waals surface area (Å²) in [7, 11) is 0. The molecule has 3 rings (SSSR count). The summed E-state index contributed by atoms with van der Waals surface area (Å²) in [5.41, 5.74) is 3.00. The molecule has 1 N–H and O–H groups in total. The Morgan fingerprint density at radius 2 is 2.04 bits per heavy atom. The Bertz CT molecular complexity index is 830. The molecule has 2 aromatic heterocycles. The van der Waals surface area contributed by atoms with E-state index in [2.05, 4.69) is 15.4 Å². The van der Waals surface area contributed by atoms with Crippen LogP contribution in [-0.2, 0) is 11.3 Å². The molecule has 0 saturated heterocycles. The Labute approximate surface area is 146 Å². The third kappa shape index (κ3) is 4.91. The van der Waals surface area contributed by atoms with Gasteiger partial charge in [0.25, 0.3) is 5.91 Å². The van der Waals surface area contributed by atoms with Crippen LogP contribution in [0, 0.1) is 6.92 Å². The molecular weight excluding hydrogens is 316 g/mol. The lowest BCUT2D eigenvalue weighted by atomic mass is 10.2. The van der Waals surface area contributed by atoms with Gasteiger partial charge in [-0.25, -0.2) is 0 Å². The quantitative estimate of drug-likeness (QED) is 0.719. The fraction of sp³-hybridized carbons (Fsp3) is 0.211. The zero-order valence-corrected chi connectivity index (χ0v) is 14.1. The van der Waals surface area contributed by atoms with Crippen LogP contribution in [0.25, 0.3) is 11.3 Å². The van der Waals surface area contributed by atoms with Crippen LogP contribution in [-0.4, -0.2) is 33.8 Å². The average Bonchev–Trinajstić information content (AvgIpc) is 3.10. The Kier molecular flexibility index (Phi) is 5.41. The van der Waals surface area contributed by atoms with Crippen LogP contribution in [0.5, 0.6) is 5.75 Å². The average molecular weight is 336 g/mol. The summed E-state index contributed by atoms with van der Waals surface area (Å²) in [4.78, 5) is 15.8. The molecule has 1 aromatic carbocycles. The third-order valence-electron chi connectivity index (χ3n) is 3.64. The number of carbonyl (C=O) groups excluding carboxylic acids is 1. The summed E-state index contributed by atoms with van der Waals surface area (Å²) in [5, 5.41) is 7.32. The maximum atomic E-state index is 11.8. The van der Waals surface area contributed by atoms with E-state index in [1.54, 1.807) is 17.1 Å². The molecule has 0 fully saturated rings. The van der Waals surface area contributed by atoms with Gasteiger partial charge in [-0.15, -0.1) is 0 Å². The van der Waals surface area contributed by atoms with Crippen LogP contribution in [0.1, 0.15) is 5.56 Å². The minimum atomic E-state index is -0.150. The molecule has 0 atom stereocenters. The number of aryl methyl sites for hydroxylation is 1. The van der Waals surface area contributed by atoms with Crippen molar-refractivity contribution in [2.24, 2.45) is 0 Å². The smallest absolute Gasteiger partial charge is 0.258 e. The van der Waals surface area contributed by atoms with Gasteiger partial charge < -0.3 is 10.1 Å². The van der Waals surface area contributed by atoms with Crippen molar-refractivity contribution in [3.05, 3.63) is 66.6 Å². The van der Waals surface area contributed by atoms with E-state index >= 15 is 0 Å². The molecule has 0 aliphatic rings. The van der Waals surface area contributed by atoms with Crippen molar-refractivity contribution in [1.82, 2.24) is 20.1 Å². The summed E-state index contributed by atoms with van der Waals surface area (Å²) in [5.74, 6) is 0.548.